The Morgan fingerprint density at radius 3 is 2.96 bits per heavy atom. The number of para-hydroxylation sites is 1. The van der Waals surface area contributed by atoms with Crippen LogP contribution in [0.2, 0.25) is 5.02 Å². The average molecular weight is 358 g/mol. The fourth-order valence-electron chi connectivity index (χ4n) is 3.05. The number of imidazole rings is 1. The van der Waals surface area contributed by atoms with Gasteiger partial charge in [-0.3, -0.25) is 4.40 Å². The molecular formula is C16H12ClN5O3. The van der Waals surface area contributed by atoms with E-state index in [0.717, 1.165) is 4.73 Å². The zero-order valence-corrected chi connectivity index (χ0v) is 13.9. The second-order valence-electron chi connectivity index (χ2n) is 6.25. The number of hydrogen-bond donors (Lipinski definition) is 1. The third kappa shape index (κ3) is 1.92. The van der Waals surface area contributed by atoms with E-state index in [9.17, 15) is 10.3 Å². The molecule has 1 saturated carbocycles. The van der Waals surface area contributed by atoms with Crippen LogP contribution in [-0.2, 0) is 5.60 Å². The average Bonchev–Trinajstić information content (AvgIpc) is 3.04. The summed E-state index contributed by atoms with van der Waals surface area (Å²) in [6, 6.07) is 5.23. The Balaban J connectivity index is 1.81. The van der Waals surface area contributed by atoms with E-state index in [-0.39, 0.29) is 11.7 Å². The molecule has 0 amide bonds. The molecule has 1 aromatic carbocycles. The highest BCUT2D eigenvalue weighted by molar-refractivity contribution is 6.34. The van der Waals surface area contributed by atoms with Crippen molar-refractivity contribution in [1.82, 2.24) is 19.5 Å². The molecule has 126 valence electrons. The van der Waals surface area contributed by atoms with Crippen molar-refractivity contribution < 1.29 is 14.4 Å². The van der Waals surface area contributed by atoms with Gasteiger partial charge in [0.2, 0.25) is 11.5 Å². The van der Waals surface area contributed by atoms with Gasteiger partial charge in [-0.1, -0.05) is 22.8 Å². The third-order valence-electron chi connectivity index (χ3n) is 4.61. The van der Waals surface area contributed by atoms with E-state index in [1.165, 1.54) is 0 Å². The molecule has 1 aliphatic rings. The van der Waals surface area contributed by atoms with Gasteiger partial charge < -0.3 is 14.8 Å². The molecule has 1 aliphatic carbocycles. The lowest BCUT2D eigenvalue weighted by Gasteiger charge is -2.09. The number of halogens is 1. The van der Waals surface area contributed by atoms with Gasteiger partial charge in [0.05, 0.1) is 0 Å². The van der Waals surface area contributed by atoms with Crippen molar-refractivity contribution >= 4 is 28.2 Å². The SMILES string of the molecule is Cc1c2c(-c3nc(C4(O)CC4)no3)ncn2c2cccc(Cl)c2[n+]1[O-]. The van der Waals surface area contributed by atoms with Gasteiger partial charge in [0.25, 0.3) is 11.4 Å². The fraction of sp³-hybridized carbons (Fsp3) is 0.250. The van der Waals surface area contributed by atoms with E-state index in [1.807, 2.05) is 0 Å². The number of aromatic nitrogens is 5. The maximum Gasteiger partial charge on any atom is 0.279 e. The Hall–Kier alpha value is -2.71. The van der Waals surface area contributed by atoms with Gasteiger partial charge in [-0.2, -0.15) is 9.71 Å². The molecule has 0 aliphatic heterocycles. The number of fused-ring (bicyclic) bond motifs is 3. The lowest BCUT2D eigenvalue weighted by molar-refractivity contribution is -0.583. The molecule has 0 atom stereocenters. The highest BCUT2D eigenvalue weighted by Crippen LogP contribution is 2.44. The van der Waals surface area contributed by atoms with Crippen molar-refractivity contribution in [3.63, 3.8) is 0 Å². The van der Waals surface area contributed by atoms with Crippen LogP contribution in [0.4, 0.5) is 0 Å². The number of aliphatic hydroxyl groups is 1. The summed E-state index contributed by atoms with van der Waals surface area (Å²) in [7, 11) is 0. The van der Waals surface area contributed by atoms with Gasteiger partial charge in [0.1, 0.15) is 28.0 Å². The van der Waals surface area contributed by atoms with Gasteiger partial charge in [-0.25, -0.2) is 4.98 Å². The summed E-state index contributed by atoms with van der Waals surface area (Å²) in [4.78, 5) is 8.62. The number of benzene rings is 1. The molecule has 1 N–H and O–H groups in total. The Kier molecular flexibility index (Phi) is 2.73. The van der Waals surface area contributed by atoms with Crippen molar-refractivity contribution in [2.24, 2.45) is 0 Å². The first-order valence-corrected chi connectivity index (χ1v) is 8.12. The van der Waals surface area contributed by atoms with E-state index < -0.39 is 5.60 Å². The third-order valence-corrected chi connectivity index (χ3v) is 4.92. The standard InChI is InChI=1S/C16H12ClN5O3/c1-8-12-11(14-19-15(20-25-14)16(23)5-6-16)18-7-21(12)10-4-2-3-9(17)13(10)22(8)24/h2-4,7,23H,5-6H2,1H3. The van der Waals surface area contributed by atoms with Gasteiger partial charge >= 0.3 is 0 Å². The predicted octanol–water partition coefficient (Wildman–Crippen LogP) is 2.11. The minimum absolute atomic E-state index is 0.169. The second-order valence-corrected chi connectivity index (χ2v) is 6.66. The first kappa shape index (κ1) is 14.6. The summed E-state index contributed by atoms with van der Waals surface area (Å²) in [5, 5.41) is 27.0. The topological polar surface area (TPSA) is 103 Å². The second kappa shape index (κ2) is 4.68. The normalized spacial score (nSPS) is 16.0. The van der Waals surface area contributed by atoms with Gasteiger partial charge in [-0.05, 0) is 25.0 Å². The molecule has 0 radical (unpaired) electrons. The molecular weight excluding hydrogens is 346 g/mol. The molecule has 8 nitrogen and oxygen atoms in total. The molecule has 1 fully saturated rings. The predicted molar refractivity (Wildman–Crippen MR) is 87.8 cm³/mol. The van der Waals surface area contributed by atoms with Crippen LogP contribution in [0.5, 0.6) is 0 Å². The number of nitrogens with zero attached hydrogens (tertiary/aromatic N) is 5. The van der Waals surface area contributed by atoms with Crippen molar-refractivity contribution in [3.05, 3.63) is 46.3 Å². The summed E-state index contributed by atoms with van der Waals surface area (Å²) in [6.07, 6.45) is 2.81. The van der Waals surface area contributed by atoms with Crippen molar-refractivity contribution in [3.8, 4) is 11.6 Å². The zero-order chi connectivity index (χ0) is 17.3. The Bertz CT molecular complexity index is 1160. The molecule has 5 rings (SSSR count). The van der Waals surface area contributed by atoms with Crippen LogP contribution in [0.25, 0.3) is 28.1 Å². The van der Waals surface area contributed by atoms with Gasteiger partial charge in [0, 0.05) is 6.92 Å². The summed E-state index contributed by atoms with van der Waals surface area (Å²) in [5.74, 6) is 0.419. The highest BCUT2D eigenvalue weighted by Gasteiger charge is 2.47. The highest BCUT2D eigenvalue weighted by atomic mass is 35.5. The van der Waals surface area contributed by atoms with E-state index in [2.05, 4.69) is 15.1 Å². The van der Waals surface area contributed by atoms with Crippen LogP contribution < -0.4 is 4.73 Å². The van der Waals surface area contributed by atoms with Crippen LogP contribution in [0, 0.1) is 12.1 Å². The molecule has 4 aromatic rings. The van der Waals surface area contributed by atoms with Crippen molar-refractivity contribution in [2.75, 3.05) is 0 Å². The van der Waals surface area contributed by atoms with Crippen LogP contribution >= 0.6 is 11.6 Å². The fourth-order valence-corrected chi connectivity index (χ4v) is 3.29. The van der Waals surface area contributed by atoms with Crippen LogP contribution in [-0.4, -0.2) is 24.6 Å². The smallest absolute Gasteiger partial charge is 0.279 e. The van der Waals surface area contributed by atoms with Crippen LogP contribution in [0.15, 0.2) is 29.0 Å². The van der Waals surface area contributed by atoms with Gasteiger partial charge in [0.15, 0.2) is 5.69 Å². The summed E-state index contributed by atoms with van der Waals surface area (Å²) in [5.41, 5.74) is 1.37. The maximum atomic E-state index is 12.7. The Morgan fingerprint density at radius 2 is 2.20 bits per heavy atom. The molecule has 0 bridgehead atoms. The number of hydrogen-bond acceptors (Lipinski definition) is 6. The van der Waals surface area contributed by atoms with E-state index in [4.69, 9.17) is 16.1 Å². The molecule has 9 heteroatoms. The lowest BCUT2D eigenvalue weighted by Crippen LogP contribution is -2.32. The minimum Gasteiger partial charge on any atom is -0.618 e. The molecule has 3 heterocycles. The lowest BCUT2D eigenvalue weighted by atomic mass is 10.2. The first-order chi connectivity index (χ1) is 12.0. The van der Waals surface area contributed by atoms with E-state index >= 15 is 0 Å². The molecule has 0 unspecified atom stereocenters. The maximum absolute atomic E-state index is 12.7. The van der Waals surface area contributed by atoms with Crippen LogP contribution in [0.1, 0.15) is 24.4 Å². The first-order valence-electron chi connectivity index (χ1n) is 7.74. The van der Waals surface area contributed by atoms with Gasteiger partial charge in [-0.15, -0.1) is 0 Å². The zero-order valence-electron chi connectivity index (χ0n) is 13.1. The summed E-state index contributed by atoms with van der Waals surface area (Å²) < 4.78 is 7.84. The van der Waals surface area contributed by atoms with E-state index in [1.54, 1.807) is 35.9 Å². The Labute approximate surface area is 145 Å². The number of rotatable bonds is 2. The monoisotopic (exact) mass is 357 g/mol. The van der Waals surface area contributed by atoms with Crippen molar-refractivity contribution in [2.45, 2.75) is 25.4 Å². The van der Waals surface area contributed by atoms with Crippen LogP contribution in [0.3, 0.4) is 0 Å². The molecule has 3 aromatic heterocycles. The molecule has 0 saturated heterocycles. The van der Waals surface area contributed by atoms with E-state index in [0.29, 0.717) is 45.8 Å². The summed E-state index contributed by atoms with van der Waals surface area (Å²) >= 11 is 6.20. The quantitative estimate of drug-likeness (QED) is 0.435. The molecule has 25 heavy (non-hydrogen) atoms. The number of aryl methyl sites for hydroxylation is 1. The Morgan fingerprint density at radius 1 is 1.40 bits per heavy atom. The molecule has 0 spiro atoms. The summed E-state index contributed by atoms with van der Waals surface area (Å²) in [6.45, 7) is 1.68. The largest absolute Gasteiger partial charge is 0.618 e. The minimum atomic E-state index is -0.995. The van der Waals surface area contributed by atoms with Crippen molar-refractivity contribution in [1.29, 1.82) is 0 Å².